The summed E-state index contributed by atoms with van der Waals surface area (Å²) in [5, 5.41) is 9.41. The van der Waals surface area contributed by atoms with Gasteiger partial charge >= 0.3 is 0 Å². The summed E-state index contributed by atoms with van der Waals surface area (Å²) in [6.07, 6.45) is 2.91. The van der Waals surface area contributed by atoms with Crippen molar-refractivity contribution in [3.05, 3.63) is 48.4 Å². The van der Waals surface area contributed by atoms with Crippen molar-refractivity contribution in [3.63, 3.8) is 0 Å². The van der Waals surface area contributed by atoms with Crippen molar-refractivity contribution in [2.24, 2.45) is 0 Å². The average Bonchev–Trinajstić information content (AvgIpc) is 2.97. The number of aromatic nitrogens is 3. The maximum Gasteiger partial charge on any atom is 0.263 e. The minimum atomic E-state index is -3.82. The van der Waals surface area contributed by atoms with Gasteiger partial charge in [0, 0.05) is 6.20 Å². The van der Waals surface area contributed by atoms with Crippen molar-refractivity contribution >= 4 is 26.9 Å². The number of nitriles is 1. The van der Waals surface area contributed by atoms with Gasteiger partial charge in [0.1, 0.15) is 12.0 Å². The molecule has 0 radical (unpaired) electrons. The third kappa shape index (κ3) is 2.42. The van der Waals surface area contributed by atoms with Crippen LogP contribution in [0.4, 0.5) is 5.82 Å². The molecule has 2 N–H and O–H groups in total. The lowest BCUT2D eigenvalue weighted by molar-refractivity contribution is 0.601. The smallest absolute Gasteiger partial charge is 0.263 e. The molecule has 7 nitrogen and oxygen atoms in total. The summed E-state index contributed by atoms with van der Waals surface area (Å²) in [5.74, 6) is 0.184. The molecule has 0 saturated heterocycles. The van der Waals surface area contributed by atoms with Crippen LogP contribution in [0.1, 0.15) is 5.56 Å². The lowest BCUT2D eigenvalue weighted by atomic mass is 10.2. The van der Waals surface area contributed by atoms with Crippen LogP contribution in [0.5, 0.6) is 0 Å². The zero-order valence-corrected chi connectivity index (χ0v) is 11.4. The molecule has 21 heavy (non-hydrogen) atoms. The Morgan fingerprint density at radius 2 is 2.10 bits per heavy atom. The van der Waals surface area contributed by atoms with Crippen LogP contribution in [0.15, 0.2) is 47.8 Å². The van der Waals surface area contributed by atoms with Crippen LogP contribution in [-0.4, -0.2) is 23.4 Å². The van der Waals surface area contributed by atoms with E-state index < -0.39 is 10.0 Å². The van der Waals surface area contributed by atoms with Gasteiger partial charge < -0.3 is 4.98 Å². The highest BCUT2D eigenvalue weighted by Gasteiger charge is 2.17. The highest BCUT2D eigenvalue weighted by molar-refractivity contribution is 7.92. The Hall–Kier alpha value is -2.92. The van der Waals surface area contributed by atoms with E-state index in [-0.39, 0.29) is 16.3 Å². The fourth-order valence-corrected chi connectivity index (χ4v) is 2.95. The van der Waals surface area contributed by atoms with Gasteiger partial charge in [0.05, 0.1) is 21.9 Å². The molecule has 2 heterocycles. The molecular formula is C13H9N5O2S. The molecule has 3 rings (SSSR count). The van der Waals surface area contributed by atoms with Crippen LogP contribution in [0, 0.1) is 11.3 Å². The number of hydrogen-bond donors (Lipinski definition) is 2. The molecule has 104 valence electrons. The molecule has 0 aliphatic rings. The van der Waals surface area contributed by atoms with Gasteiger partial charge in [-0.25, -0.2) is 18.4 Å². The number of H-pyrrole nitrogens is 1. The molecule has 0 spiro atoms. The van der Waals surface area contributed by atoms with Gasteiger partial charge in [-0.3, -0.25) is 4.72 Å². The molecule has 0 aliphatic carbocycles. The normalized spacial score (nSPS) is 11.2. The first-order chi connectivity index (χ1) is 10.1. The number of sulfonamides is 1. The summed E-state index contributed by atoms with van der Waals surface area (Å²) in [6.45, 7) is 0. The second kappa shape index (κ2) is 4.88. The third-order valence-electron chi connectivity index (χ3n) is 2.86. The van der Waals surface area contributed by atoms with E-state index in [0.717, 1.165) is 0 Å². The number of nitrogens with one attached hydrogen (secondary N) is 2. The highest BCUT2D eigenvalue weighted by atomic mass is 32.2. The number of aromatic amines is 1. The zero-order chi connectivity index (χ0) is 14.9. The summed E-state index contributed by atoms with van der Waals surface area (Å²) in [7, 11) is -3.82. The fraction of sp³-hybridized carbons (Fsp3) is 0. The first-order valence-corrected chi connectivity index (χ1v) is 7.39. The second-order valence-electron chi connectivity index (χ2n) is 4.21. The fourth-order valence-electron chi connectivity index (χ4n) is 1.87. The summed E-state index contributed by atoms with van der Waals surface area (Å²) in [4.78, 5) is 10.8. The number of benzene rings is 1. The summed E-state index contributed by atoms with van der Waals surface area (Å²) < 4.78 is 27.1. The van der Waals surface area contributed by atoms with Crippen molar-refractivity contribution in [2.75, 3.05) is 4.72 Å². The van der Waals surface area contributed by atoms with Gasteiger partial charge in [-0.05, 0) is 24.3 Å². The van der Waals surface area contributed by atoms with Crippen LogP contribution in [-0.2, 0) is 10.0 Å². The third-order valence-corrected chi connectivity index (χ3v) is 4.20. The lowest BCUT2D eigenvalue weighted by Gasteiger charge is -2.08. The van der Waals surface area contributed by atoms with Crippen molar-refractivity contribution < 1.29 is 8.42 Å². The molecule has 0 atom stereocenters. The van der Waals surface area contributed by atoms with Crippen LogP contribution in [0.25, 0.3) is 11.0 Å². The van der Waals surface area contributed by atoms with E-state index in [9.17, 15) is 8.42 Å². The van der Waals surface area contributed by atoms with Crippen LogP contribution in [0.2, 0.25) is 0 Å². The lowest BCUT2D eigenvalue weighted by Crippen LogP contribution is -2.14. The standard InChI is InChI=1S/C13H9N5O2S/c14-7-9-2-1-3-10(6-9)21(19,20)18-13-11-4-5-15-12(11)16-8-17-13/h1-6,8H,(H2,15,16,17,18). The molecule has 0 fully saturated rings. The monoisotopic (exact) mass is 299 g/mol. The number of fused-ring (bicyclic) bond motifs is 1. The maximum absolute atomic E-state index is 12.3. The second-order valence-corrected chi connectivity index (χ2v) is 5.89. The molecule has 0 aliphatic heterocycles. The maximum atomic E-state index is 12.3. The minimum Gasteiger partial charge on any atom is -0.346 e. The molecular weight excluding hydrogens is 290 g/mol. The summed E-state index contributed by atoms with van der Waals surface area (Å²) in [6, 6.07) is 9.35. The van der Waals surface area contributed by atoms with Gasteiger partial charge in [0.25, 0.3) is 10.0 Å². The van der Waals surface area contributed by atoms with Crippen molar-refractivity contribution in [3.8, 4) is 6.07 Å². The molecule has 0 amide bonds. The van der Waals surface area contributed by atoms with Crippen molar-refractivity contribution in [1.82, 2.24) is 15.0 Å². The van der Waals surface area contributed by atoms with Crippen LogP contribution >= 0.6 is 0 Å². The number of hydrogen-bond acceptors (Lipinski definition) is 5. The Morgan fingerprint density at radius 1 is 1.24 bits per heavy atom. The van der Waals surface area contributed by atoms with Crippen LogP contribution < -0.4 is 4.72 Å². The molecule has 1 aromatic carbocycles. The van der Waals surface area contributed by atoms with Crippen LogP contribution in [0.3, 0.4) is 0 Å². The predicted octanol–water partition coefficient (Wildman–Crippen LogP) is 1.63. The van der Waals surface area contributed by atoms with E-state index in [2.05, 4.69) is 19.7 Å². The summed E-state index contributed by atoms with van der Waals surface area (Å²) >= 11 is 0. The molecule has 0 bridgehead atoms. The predicted molar refractivity (Wildman–Crippen MR) is 75.9 cm³/mol. The van der Waals surface area contributed by atoms with E-state index >= 15 is 0 Å². The van der Waals surface area contributed by atoms with Gasteiger partial charge in [0.15, 0.2) is 5.82 Å². The SMILES string of the molecule is N#Cc1cccc(S(=O)(=O)Nc2ncnc3[nH]ccc23)c1. The number of nitrogens with zero attached hydrogens (tertiary/aromatic N) is 3. The zero-order valence-electron chi connectivity index (χ0n) is 10.6. The van der Waals surface area contributed by atoms with Gasteiger partial charge in [0.2, 0.25) is 0 Å². The van der Waals surface area contributed by atoms with Crippen molar-refractivity contribution in [1.29, 1.82) is 5.26 Å². The van der Waals surface area contributed by atoms with E-state index in [1.54, 1.807) is 12.3 Å². The molecule has 3 aromatic rings. The Labute approximate surface area is 120 Å². The van der Waals surface area contributed by atoms with Crippen molar-refractivity contribution in [2.45, 2.75) is 4.90 Å². The molecule has 0 saturated carbocycles. The largest absolute Gasteiger partial charge is 0.346 e. The average molecular weight is 299 g/mol. The van der Waals surface area contributed by atoms with Gasteiger partial charge in [-0.1, -0.05) is 6.07 Å². The molecule has 0 unspecified atom stereocenters. The first kappa shape index (κ1) is 13.1. The highest BCUT2D eigenvalue weighted by Crippen LogP contribution is 2.21. The van der Waals surface area contributed by atoms with E-state index in [4.69, 9.17) is 5.26 Å². The Bertz CT molecular complexity index is 956. The van der Waals surface area contributed by atoms with E-state index in [1.807, 2.05) is 6.07 Å². The van der Waals surface area contributed by atoms with Gasteiger partial charge in [-0.2, -0.15) is 5.26 Å². The van der Waals surface area contributed by atoms with E-state index in [0.29, 0.717) is 11.0 Å². The molecule has 2 aromatic heterocycles. The Balaban J connectivity index is 2.03. The Kier molecular flexibility index (Phi) is 3.04. The topological polar surface area (TPSA) is 112 Å². The Morgan fingerprint density at radius 3 is 2.90 bits per heavy atom. The summed E-state index contributed by atoms with van der Waals surface area (Å²) in [5.41, 5.74) is 0.806. The van der Waals surface area contributed by atoms with E-state index in [1.165, 1.54) is 30.6 Å². The first-order valence-electron chi connectivity index (χ1n) is 5.91. The minimum absolute atomic E-state index is 0.00356. The number of rotatable bonds is 3. The molecule has 8 heteroatoms. The quantitative estimate of drug-likeness (QED) is 0.763. The number of anilines is 1. The van der Waals surface area contributed by atoms with Gasteiger partial charge in [-0.15, -0.1) is 0 Å².